The van der Waals surface area contributed by atoms with Crippen LogP contribution in [0.3, 0.4) is 0 Å². The highest BCUT2D eigenvalue weighted by Gasteiger charge is 2.24. The van der Waals surface area contributed by atoms with E-state index in [1.807, 2.05) is 21.1 Å². The molecule has 512 valence electrons. The monoisotopic (exact) mass is 1250 g/mol. The van der Waals surface area contributed by atoms with Crippen molar-refractivity contribution >= 4 is 13.7 Å². The fourth-order valence-corrected chi connectivity index (χ4v) is 11.8. The van der Waals surface area contributed by atoms with Crippen molar-refractivity contribution in [3.05, 3.63) is 97.2 Å². The Balaban J connectivity index is 4.01. The summed E-state index contributed by atoms with van der Waals surface area (Å²) >= 11 is 0. The predicted octanol–water partition coefficient (Wildman–Crippen LogP) is 23.8. The summed E-state index contributed by atoms with van der Waals surface area (Å²) in [6, 6.07) is -0.807. The molecule has 0 saturated heterocycles. The number of quaternary nitrogens is 1. The molecular weight excluding hydrogens is 1100 g/mol. The number of likely N-dealkylation sites (N-methyl/N-ethyl adjacent to an activating group) is 1. The topological polar surface area (TPSA) is 108 Å². The third-order valence-corrected chi connectivity index (χ3v) is 17.8. The van der Waals surface area contributed by atoms with Crippen LogP contribution >= 0.6 is 7.82 Å². The lowest BCUT2D eigenvalue weighted by Gasteiger charge is -2.30. The molecule has 0 aromatic heterocycles. The van der Waals surface area contributed by atoms with Gasteiger partial charge in [0.2, 0.25) is 5.91 Å². The molecule has 0 aliphatic carbocycles. The van der Waals surface area contributed by atoms with Crippen LogP contribution < -0.4 is 10.2 Å². The van der Waals surface area contributed by atoms with Gasteiger partial charge in [0.05, 0.1) is 39.9 Å². The highest BCUT2D eigenvalue weighted by molar-refractivity contribution is 7.45. The van der Waals surface area contributed by atoms with Gasteiger partial charge in [-0.05, 0) is 77.0 Å². The number of hydrogen-bond donors (Lipinski definition) is 2. The van der Waals surface area contributed by atoms with E-state index in [9.17, 15) is 19.4 Å². The maximum Gasteiger partial charge on any atom is 0.268 e. The molecule has 0 aliphatic heterocycles. The zero-order valence-electron chi connectivity index (χ0n) is 58.7. The van der Waals surface area contributed by atoms with Crippen molar-refractivity contribution < 1.29 is 32.9 Å². The number of hydrogen-bond acceptors (Lipinski definition) is 6. The number of aliphatic hydroxyl groups excluding tert-OH is 1. The molecule has 8 nitrogen and oxygen atoms in total. The highest BCUT2D eigenvalue weighted by atomic mass is 31.2. The normalized spacial score (nSPS) is 14.1. The van der Waals surface area contributed by atoms with Crippen molar-refractivity contribution in [3.8, 4) is 0 Å². The quantitative estimate of drug-likeness (QED) is 0.0272. The van der Waals surface area contributed by atoms with Crippen LogP contribution in [0.15, 0.2) is 97.2 Å². The van der Waals surface area contributed by atoms with Crippen LogP contribution in [0.2, 0.25) is 0 Å². The van der Waals surface area contributed by atoms with Crippen LogP contribution in [0.1, 0.15) is 348 Å². The van der Waals surface area contributed by atoms with E-state index in [2.05, 4.69) is 116 Å². The molecule has 0 aliphatic rings. The average Bonchev–Trinajstić information content (AvgIpc) is 3.70. The number of phosphoric acid groups is 1. The van der Waals surface area contributed by atoms with Crippen LogP contribution in [0.4, 0.5) is 0 Å². The van der Waals surface area contributed by atoms with Crippen LogP contribution in [0.25, 0.3) is 0 Å². The number of allylic oxidation sites excluding steroid dienone is 16. The predicted molar refractivity (Wildman–Crippen MR) is 385 cm³/mol. The molecule has 0 radical (unpaired) electrons. The van der Waals surface area contributed by atoms with E-state index in [0.29, 0.717) is 23.9 Å². The van der Waals surface area contributed by atoms with E-state index >= 15 is 0 Å². The molecule has 3 atom stereocenters. The van der Waals surface area contributed by atoms with Gasteiger partial charge in [-0.25, -0.2) is 0 Å². The maximum absolute atomic E-state index is 13.1. The smallest absolute Gasteiger partial charge is 0.268 e. The van der Waals surface area contributed by atoms with Crippen molar-refractivity contribution in [1.82, 2.24) is 5.32 Å². The summed E-state index contributed by atoms with van der Waals surface area (Å²) in [6.45, 7) is 4.65. The van der Waals surface area contributed by atoms with E-state index < -0.39 is 20.0 Å². The summed E-state index contributed by atoms with van der Waals surface area (Å²) in [5, 5.41) is 14.1. The number of rotatable bonds is 69. The van der Waals surface area contributed by atoms with Gasteiger partial charge in [0.1, 0.15) is 13.2 Å². The summed E-state index contributed by atoms with van der Waals surface area (Å²) in [6.07, 6.45) is 99.2. The average molecular weight is 1250 g/mol. The Kier molecular flexibility index (Phi) is 66.8. The lowest BCUT2D eigenvalue weighted by molar-refractivity contribution is -0.870. The van der Waals surface area contributed by atoms with Crippen LogP contribution in [0, 0.1) is 0 Å². The number of nitrogens with zero attached hydrogens (tertiary/aromatic N) is 1. The van der Waals surface area contributed by atoms with Gasteiger partial charge >= 0.3 is 0 Å². The molecule has 0 aromatic rings. The van der Waals surface area contributed by atoms with Gasteiger partial charge < -0.3 is 28.8 Å². The lowest BCUT2D eigenvalue weighted by Crippen LogP contribution is -2.46. The third kappa shape index (κ3) is 70.9. The van der Waals surface area contributed by atoms with Gasteiger partial charge in [-0.2, -0.15) is 0 Å². The molecule has 0 heterocycles. The molecule has 0 bridgehead atoms. The summed E-state index contributed by atoms with van der Waals surface area (Å²) in [5.41, 5.74) is 0. The van der Waals surface area contributed by atoms with E-state index in [4.69, 9.17) is 9.05 Å². The van der Waals surface area contributed by atoms with Gasteiger partial charge in [-0.1, -0.05) is 361 Å². The van der Waals surface area contributed by atoms with Gasteiger partial charge in [0, 0.05) is 6.42 Å². The minimum atomic E-state index is -4.59. The summed E-state index contributed by atoms with van der Waals surface area (Å²) in [5.74, 6) is -0.163. The molecule has 0 fully saturated rings. The minimum absolute atomic E-state index is 0.0102. The highest BCUT2D eigenvalue weighted by Crippen LogP contribution is 2.38. The Hall–Kier alpha value is -2.58. The first-order chi connectivity index (χ1) is 43.0. The number of phosphoric ester groups is 1. The zero-order valence-corrected chi connectivity index (χ0v) is 59.6. The van der Waals surface area contributed by atoms with Crippen LogP contribution in [-0.4, -0.2) is 68.5 Å². The van der Waals surface area contributed by atoms with Gasteiger partial charge in [0.25, 0.3) is 7.82 Å². The van der Waals surface area contributed by atoms with Crippen LogP contribution in [-0.2, 0) is 18.4 Å². The molecular formula is C79H145N2O6P. The Labute approximate surface area is 547 Å². The van der Waals surface area contributed by atoms with Crippen LogP contribution in [0.5, 0.6) is 0 Å². The van der Waals surface area contributed by atoms with Crippen molar-refractivity contribution in [2.45, 2.75) is 360 Å². The molecule has 9 heteroatoms. The minimum Gasteiger partial charge on any atom is -0.756 e. The Bertz CT molecular complexity index is 1760. The molecule has 0 spiro atoms. The summed E-state index contributed by atoms with van der Waals surface area (Å²) in [7, 11) is 1.31. The lowest BCUT2D eigenvalue weighted by atomic mass is 10.0. The molecule has 2 N–H and O–H groups in total. The maximum atomic E-state index is 13.1. The fraction of sp³-hybridized carbons (Fsp3) is 0.785. The first kappa shape index (κ1) is 85.4. The molecule has 0 aromatic carbocycles. The third-order valence-electron chi connectivity index (χ3n) is 16.8. The molecule has 0 saturated carbocycles. The van der Waals surface area contributed by atoms with E-state index in [1.54, 1.807) is 0 Å². The number of amides is 1. The molecule has 1 amide bonds. The number of aliphatic hydroxyl groups is 1. The number of carbonyl (C=O) groups excluding carboxylic acids is 1. The van der Waals surface area contributed by atoms with Crippen molar-refractivity contribution in [2.75, 3.05) is 40.9 Å². The number of nitrogens with one attached hydrogen (secondary N) is 1. The molecule has 3 unspecified atom stereocenters. The van der Waals surface area contributed by atoms with Crippen molar-refractivity contribution in [3.63, 3.8) is 0 Å². The SMILES string of the molecule is CC/C=C\C/C=C\C/C=C\C/C=C\C/C=C\C/C=C\C/C=C\C/C=C\CCCCCCCCCCCCCCCCC(=O)NC(COP(=O)([O-])OCC[N+](C)(C)C)C(O)CCCCCCCCCCCCCCCCCCCCCCCCCCCCC. The second-order valence-corrected chi connectivity index (χ2v) is 28.0. The van der Waals surface area contributed by atoms with E-state index in [1.165, 1.54) is 231 Å². The van der Waals surface area contributed by atoms with Gasteiger partial charge in [0.15, 0.2) is 0 Å². The second kappa shape index (κ2) is 68.8. The summed E-state index contributed by atoms with van der Waals surface area (Å²) < 4.78 is 23.6. The Morgan fingerprint density at radius 2 is 0.693 bits per heavy atom. The summed E-state index contributed by atoms with van der Waals surface area (Å²) in [4.78, 5) is 25.7. The van der Waals surface area contributed by atoms with Gasteiger partial charge in [-0.3, -0.25) is 9.36 Å². The van der Waals surface area contributed by atoms with E-state index in [0.717, 1.165) is 89.9 Å². The molecule has 0 rings (SSSR count). The number of unbranched alkanes of at least 4 members (excludes halogenated alkanes) is 40. The second-order valence-electron chi connectivity index (χ2n) is 26.6. The largest absolute Gasteiger partial charge is 0.756 e. The Morgan fingerprint density at radius 3 is 1.01 bits per heavy atom. The molecule has 88 heavy (non-hydrogen) atoms. The fourth-order valence-electron chi connectivity index (χ4n) is 11.1. The first-order valence-corrected chi connectivity index (χ1v) is 39.0. The standard InChI is InChI=1S/C79H145N2O6P/c1-6-8-10-12-14-16-18-20-22-24-26-28-30-32-34-35-36-37-38-39-40-41-42-43-44-45-47-49-51-53-55-57-59-61-63-65-67-69-71-73-79(83)80-77(76-87-88(84,85)86-75-74-81(3,4)5)78(82)72-70-68-66-64-62-60-58-56-54-52-50-48-46-33-31-29-27-25-23-21-19-17-15-13-11-9-7-2/h8,10,14,16,20,22,26,28,32,34,36-37,39-40,42-43,77-78,82H,6-7,9,11-13,15,17-19,21,23-25,27,29-31,33,35,38,41,44-76H2,1-5H3,(H-,80,83,84,85)/b10-8-,16-14-,22-20-,28-26-,34-32-,37-36-,40-39-,43-42-. The first-order valence-electron chi connectivity index (χ1n) is 37.6. The Morgan fingerprint density at radius 1 is 0.409 bits per heavy atom. The van der Waals surface area contributed by atoms with Crippen molar-refractivity contribution in [2.24, 2.45) is 0 Å². The van der Waals surface area contributed by atoms with E-state index in [-0.39, 0.29) is 19.1 Å². The van der Waals surface area contributed by atoms with Crippen molar-refractivity contribution in [1.29, 1.82) is 0 Å². The zero-order chi connectivity index (χ0) is 64.1. The number of carbonyl (C=O) groups is 1. The van der Waals surface area contributed by atoms with Gasteiger partial charge in [-0.15, -0.1) is 0 Å².